The Kier molecular flexibility index (Phi) is 4.54. The number of carbonyl (C=O) groups excluding carboxylic acids is 2. The first kappa shape index (κ1) is 12.8. The van der Waals surface area contributed by atoms with Gasteiger partial charge < -0.3 is 15.4 Å². The Morgan fingerprint density at radius 2 is 2.19 bits per heavy atom. The molecule has 0 aromatic rings. The highest BCUT2D eigenvalue weighted by Crippen LogP contribution is 2.07. The van der Waals surface area contributed by atoms with Crippen molar-refractivity contribution < 1.29 is 14.3 Å². The summed E-state index contributed by atoms with van der Waals surface area (Å²) in [5.74, 6) is -0.173. The third kappa shape index (κ3) is 3.10. The quantitative estimate of drug-likeness (QED) is 0.673. The van der Waals surface area contributed by atoms with Crippen molar-refractivity contribution in [2.45, 2.75) is 26.0 Å². The number of hydrogen-bond acceptors (Lipinski definition) is 4. The van der Waals surface area contributed by atoms with Crippen LogP contribution in [0.3, 0.4) is 0 Å². The fraction of sp³-hybridized carbons (Fsp3) is 0.800. The second kappa shape index (κ2) is 5.69. The molecule has 1 aliphatic rings. The molecule has 16 heavy (non-hydrogen) atoms. The number of hydrogen-bond donors (Lipinski definition) is 2. The highest BCUT2D eigenvalue weighted by Gasteiger charge is 2.32. The van der Waals surface area contributed by atoms with Gasteiger partial charge in [0.1, 0.15) is 6.04 Å². The molecule has 0 bridgehead atoms. The van der Waals surface area contributed by atoms with Gasteiger partial charge in [0.15, 0.2) is 0 Å². The first-order chi connectivity index (χ1) is 7.56. The highest BCUT2D eigenvalue weighted by atomic mass is 16.6. The Morgan fingerprint density at radius 3 is 2.75 bits per heavy atom. The monoisotopic (exact) mass is 229 g/mol. The van der Waals surface area contributed by atoms with Crippen molar-refractivity contribution >= 4 is 12.0 Å². The SMILES string of the molecule is CNC(=O)C1CNCCN1C(=O)OC(C)C. The van der Waals surface area contributed by atoms with Crippen molar-refractivity contribution in [3.8, 4) is 0 Å². The molecule has 1 saturated heterocycles. The lowest BCUT2D eigenvalue weighted by molar-refractivity contribution is -0.126. The summed E-state index contributed by atoms with van der Waals surface area (Å²) in [6.45, 7) is 5.21. The van der Waals surface area contributed by atoms with Gasteiger partial charge in [0.25, 0.3) is 0 Å². The van der Waals surface area contributed by atoms with Gasteiger partial charge in [-0.3, -0.25) is 9.69 Å². The van der Waals surface area contributed by atoms with Gasteiger partial charge >= 0.3 is 6.09 Å². The second-order valence-electron chi connectivity index (χ2n) is 3.96. The maximum Gasteiger partial charge on any atom is 0.410 e. The highest BCUT2D eigenvalue weighted by molar-refractivity contribution is 5.86. The van der Waals surface area contributed by atoms with Crippen LogP contribution < -0.4 is 10.6 Å². The van der Waals surface area contributed by atoms with E-state index >= 15 is 0 Å². The van der Waals surface area contributed by atoms with Gasteiger partial charge in [0.05, 0.1) is 6.10 Å². The largest absolute Gasteiger partial charge is 0.447 e. The van der Waals surface area contributed by atoms with E-state index in [-0.39, 0.29) is 12.0 Å². The normalized spacial score (nSPS) is 20.8. The summed E-state index contributed by atoms with van der Waals surface area (Å²) >= 11 is 0. The molecule has 2 amide bonds. The molecule has 1 fully saturated rings. The number of nitrogens with one attached hydrogen (secondary N) is 2. The number of rotatable bonds is 2. The minimum atomic E-state index is -0.481. The number of nitrogens with zero attached hydrogens (tertiary/aromatic N) is 1. The average Bonchev–Trinajstić information content (AvgIpc) is 2.27. The van der Waals surface area contributed by atoms with Gasteiger partial charge in [0.2, 0.25) is 5.91 Å². The predicted octanol–water partition coefficient (Wildman–Crippen LogP) is -0.449. The standard InChI is InChI=1S/C10H19N3O3/c1-7(2)16-10(15)13-5-4-12-6-8(13)9(14)11-3/h7-8,12H,4-6H2,1-3H3,(H,11,14). The summed E-state index contributed by atoms with van der Waals surface area (Å²) in [6.07, 6.45) is -0.599. The van der Waals surface area contributed by atoms with Gasteiger partial charge in [-0.15, -0.1) is 0 Å². The molecule has 92 valence electrons. The zero-order valence-electron chi connectivity index (χ0n) is 9.95. The maximum absolute atomic E-state index is 11.7. The van der Waals surface area contributed by atoms with E-state index < -0.39 is 12.1 Å². The number of ether oxygens (including phenoxy) is 1. The Labute approximate surface area is 95.3 Å². The lowest BCUT2D eigenvalue weighted by Gasteiger charge is -2.34. The second-order valence-corrected chi connectivity index (χ2v) is 3.96. The molecule has 0 radical (unpaired) electrons. The molecule has 1 unspecified atom stereocenters. The Bertz CT molecular complexity index is 268. The van der Waals surface area contributed by atoms with E-state index in [1.54, 1.807) is 20.9 Å². The first-order valence-electron chi connectivity index (χ1n) is 5.45. The molecule has 0 spiro atoms. The van der Waals surface area contributed by atoms with Gasteiger partial charge in [-0.2, -0.15) is 0 Å². The van der Waals surface area contributed by atoms with Crippen molar-refractivity contribution in [2.75, 3.05) is 26.7 Å². The van der Waals surface area contributed by atoms with Crippen molar-refractivity contribution in [1.82, 2.24) is 15.5 Å². The zero-order chi connectivity index (χ0) is 12.1. The van der Waals surface area contributed by atoms with Crippen molar-refractivity contribution in [1.29, 1.82) is 0 Å². The summed E-state index contributed by atoms with van der Waals surface area (Å²) in [5, 5.41) is 5.62. The summed E-state index contributed by atoms with van der Waals surface area (Å²) < 4.78 is 5.09. The minimum absolute atomic E-state index is 0.173. The number of carbonyl (C=O) groups is 2. The molecule has 1 atom stereocenters. The predicted molar refractivity (Wildman–Crippen MR) is 59.0 cm³/mol. The van der Waals surface area contributed by atoms with Crippen LogP contribution in [0.5, 0.6) is 0 Å². The van der Waals surface area contributed by atoms with Crippen LogP contribution in [0.15, 0.2) is 0 Å². The molecule has 0 aromatic carbocycles. The molecular weight excluding hydrogens is 210 g/mol. The van der Waals surface area contributed by atoms with Gasteiger partial charge in [-0.1, -0.05) is 0 Å². The fourth-order valence-electron chi connectivity index (χ4n) is 1.59. The average molecular weight is 229 g/mol. The molecule has 2 N–H and O–H groups in total. The molecular formula is C10H19N3O3. The van der Waals surface area contributed by atoms with E-state index in [2.05, 4.69) is 10.6 Å². The van der Waals surface area contributed by atoms with Crippen LogP contribution in [0.4, 0.5) is 4.79 Å². The fourth-order valence-corrected chi connectivity index (χ4v) is 1.59. The van der Waals surface area contributed by atoms with E-state index in [4.69, 9.17) is 4.74 Å². The molecule has 1 rings (SSSR count). The molecule has 0 aliphatic carbocycles. The molecule has 0 aromatic heterocycles. The van der Waals surface area contributed by atoms with Crippen LogP contribution in [0.25, 0.3) is 0 Å². The van der Waals surface area contributed by atoms with Crippen molar-refractivity contribution in [2.24, 2.45) is 0 Å². The van der Waals surface area contributed by atoms with Gasteiger partial charge in [-0.05, 0) is 13.8 Å². The van der Waals surface area contributed by atoms with E-state index in [0.29, 0.717) is 19.6 Å². The van der Waals surface area contributed by atoms with Crippen LogP contribution in [0, 0.1) is 0 Å². The summed E-state index contributed by atoms with van der Waals surface area (Å²) in [6, 6.07) is -0.481. The van der Waals surface area contributed by atoms with E-state index in [1.807, 2.05) is 0 Å². The summed E-state index contributed by atoms with van der Waals surface area (Å²) in [5.41, 5.74) is 0. The van der Waals surface area contributed by atoms with Crippen LogP contribution in [0.2, 0.25) is 0 Å². The van der Waals surface area contributed by atoms with E-state index in [1.165, 1.54) is 4.90 Å². The Morgan fingerprint density at radius 1 is 1.50 bits per heavy atom. The first-order valence-corrected chi connectivity index (χ1v) is 5.45. The Balaban J connectivity index is 2.66. The minimum Gasteiger partial charge on any atom is -0.447 e. The molecule has 1 heterocycles. The van der Waals surface area contributed by atoms with Crippen LogP contribution in [-0.2, 0) is 9.53 Å². The zero-order valence-corrected chi connectivity index (χ0v) is 9.95. The van der Waals surface area contributed by atoms with E-state index in [9.17, 15) is 9.59 Å². The third-order valence-electron chi connectivity index (χ3n) is 2.36. The number of amides is 2. The lowest BCUT2D eigenvalue weighted by Crippen LogP contribution is -2.59. The molecule has 1 aliphatic heterocycles. The smallest absolute Gasteiger partial charge is 0.410 e. The Hall–Kier alpha value is -1.30. The van der Waals surface area contributed by atoms with Crippen molar-refractivity contribution in [3.63, 3.8) is 0 Å². The molecule has 6 nitrogen and oxygen atoms in total. The lowest BCUT2D eigenvalue weighted by atomic mass is 10.2. The van der Waals surface area contributed by atoms with Crippen LogP contribution in [0.1, 0.15) is 13.8 Å². The maximum atomic E-state index is 11.7. The third-order valence-corrected chi connectivity index (χ3v) is 2.36. The van der Waals surface area contributed by atoms with Crippen LogP contribution in [-0.4, -0.2) is 55.7 Å². The van der Waals surface area contributed by atoms with E-state index in [0.717, 1.165) is 0 Å². The van der Waals surface area contributed by atoms with Gasteiger partial charge in [0, 0.05) is 26.7 Å². The number of piperazine rings is 1. The summed E-state index contributed by atoms with van der Waals surface area (Å²) in [7, 11) is 1.56. The molecule has 0 saturated carbocycles. The molecule has 6 heteroatoms. The van der Waals surface area contributed by atoms with Crippen LogP contribution >= 0.6 is 0 Å². The van der Waals surface area contributed by atoms with Gasteiger partial charge in [-0.25, -0.2) is 4.79 Å². The number of likely N-dealkylation sites (N-methyl/N-ethyl adjacent to an activating group) is 1. The summed E-state index contributed by atoms with van der Waals surface area (Å²) in [4.78, 5) is 24.8. The topological polar surface area (TPSA) is 70.7 Å². The van der Waals surface area contributed by atoms with Crippen molar-refractivity contribution in [3.05, 3.63) is 0 Å².